The standard InChI is InChI=1S/C45H63N3O11/c1-9-21-48(43(52)55-8)39-28-36(47-59-44(3,4)5)33-25-29(15-11-13-22-49)32(16-12-14-23-50)40-34-26-31(18-20-37(34)58-45(39,41(33)40)56-24-10-2)57-42(51)46-35-19-17-30(53-6)27-38(35)54-7/h10,17-20,25-27,29,32,39-41,49-50H,2,9,11-16,21-24,28H2,1,3-8H3,(H,46,51). The second-order valence-electron chi connectivity index (χ2n) is 16.2. The molecule has 6 unspecified atom stereocenters. The summed E-state index contributed by atoms with van der Waals surface area (Å²) in [6.07, 6.45) is 7.95. The zero-order valence-electron chi connectivity index (χ0n) is 35.7. The van der Waals surface area contributed by atoms with Gasteiger partial charge in [-0.15, -0.1) is 6.58 Å². The molecule has 2 amide bonds. The molecule has 1 aliphatic heterocycles. The summed E-state index contributed by atoms with van der Waals surface area (Å²) < 4.78 is 36.3. The normalized spacial score (nSPS) is 23.8. The van der Waals surface area contributed by atoms with Crippen LogP contribution in [0.3, 0.4) is 0 Å². The number of ether oxygens (including phenoxy) is 6. The van der Waals surface area contributed by atoms with Crippen LogP contribution in [0.1, 0.15) is 90.5 Å². The average Bonchev–Trinajstić information content (AvgIpc) is 3.22. The lowest BCUT2D eigenvalue weighted by Crippen LogP contribution is -2.70. The largest absolute Gasteiger partial charge is 0.497 e. The zero-order chi connectivity index (χ0) is 42.7. The van der Waals surface area contributed by atoms with E-state index in [-0.39, 0.29) is 44.0 Å². The maximum absolute atomic E-state index is 13.8. The van der Waals surface area contributed by atoms with E-state index in [0.717, 1.165) is 36.8 Å². The number of hydrogen-bond acceptors (Lipinski definition) is 12. The van der Waals surface area contributed by atoms with Crippen molar-refractivity contribution in [1.29, 1.82) is 0 Å². The molecule has 2 aromatic carbocycles. The second kappa shape index (κ2) is 20.5. The summed E-state index contributed by atoms with van der Waals surface area (Å²) in [6.45, 7) is 12.4. The summed E-state index contributed by atoms with van der Waals surface area (Å²) in [5.74, 6) is -0.467. The first-order valence-electron chi connectivity index (χ1n) is 20.7. The van der Waals surface area contributed by atoms with Gasteiger partial charge in [0.25, 0.3) is 0 Å². The average molecular weight is 822 g/mol. The number of hydrogen-bond donors (Lipinski definition) is 3. The van der Waals surface area contributed by atoms with Gasteiger partial charge < -0.3 is 43.5 Å². The lowest BCUT2D eigenvalue weighted by molar-refractivity contribution is -0.255. The summed E-state index contributed by atoms with van der Waals surface area (Å²) in [5, 5.41) is 27.4. The van der Waals surface area contributed by atoms with Crippen molar-refractivity contribution in [1.82, 2.24) is 4.90 Å². The van der Waals surface area contributed by atoms with Crippen LogP contribution < -0.4 is 24.3 Å². The molecule has 1 fully saturated rings. The molecular weight excluding hydrogens is 759 g/mol. The Morgan fingerprint density at radius 3 is 2.39 bits per heavy atom. The molecule has 0 spiro atoms. The SMILES string of the molecule is C=CCOC12Oc3ccc(OC(=O)Nc4ccc(OC)cc4OC)cc3C3C(CCCCO)C(CCCCO)C=C(C(=NOC(C)(C)C)CC1N(CCC)C(=O)OC)C32. The highest BCUT2D eigenvalue weighted by Crippen LogP contribution is 2.62. The molecule has 3 aliphatic rings. The fraction of sp³-hybridized carbons (Fsp3) is 0.578. The summed E-state index contributed by atoms with van der Waals surface area (Å²) in [4.78, 5) is 35.1. The molecule has 14 heteroatoms. The minimum atomic E-state index is -1.43. The van der Waals surface area contributed by atoms with E-state index in [1.165, 1.54) is 14.2 Å². The molecule has 2 aliphatic carbocycles. The first kappa shape index (κ1) is 45.3. The molecule has 6 atom stereocenters. The molecule has 14 nitrogen and oxygen atoms in total. The van der Waals surface area contributed by atoms with Gasteiger partial charge in [0, 0.05) is 43.7 Å². The van der Waals surface area contributed by atoms with E-state index in [9.17, 15) is 19.8 Å². The van der Waals surface area contributed by atoms with Crippen molar-refractivity contribution in [2.45, 2.75) is 102 Å². The number of amides is 2. The van der Waals surface area contributed by atoms with Crippen molar-refractivity contribution < 1.29 is 53.1 Å². The van der Waals surface area contributed by atoms with Gasteiger partial charge in [0.1, 0.15) is 34.6 Å². The van der Waals surface area contributed by atoms with Gasteiger partial charge in [-0.1, -0.05) is 37.1 Å². The fourth-order valence-corrected chi connectivity index (χ4v) is 8.78. The molecule has 0 saturated heterocycles. The number of rotatable bonds is 19. The van der Waals surface area contributed by atoms with Gasteiger partial charge in [0.15, 0.2) is 0 Å². The van der Waals surface area contributed by atoms with E-state index >= 15 is 0 Å². The van der Waals surface area contributed by atoms with E-state index in [0.29, 0.717) is 60.2 Å². The van der Waals surface area contributed by atoms with Gasteiger partial charge in [-0.05, 0) is 101 Å². The van der Waals surface area contributed by atoms with Crippen molar-refractivity contribution in [3.05, 3.63) is 66.3 Å². The van der Waals surface area contributed by atoms with Crippen LogP contribution in [0.4, 0.5) is 15.3 Å². The smallest absolute Gasteiger partial charge is 0.417 e. The highest BCUT2D eigenvalue weighted by Gasteiger charge is 2.65. The lowest BCUT2D eigenvalue weighted by Gasteiger charge is -2.59. The predicted molar refractivity (Wildman–Crippen MR) is 224 cm³/mol. The Morgan fingerprint density at radius 2 is 1.75 bits per heavy atom. The molecule has 324 valence electrons. The van der Waals surface area contributed by atoms with E-state index in [2.05, 4.69) is 18.0 Å². The number of nitrogens with zero attached hydrogens (tertiary/aromatic N) is 2. The van der Waals surface area contributed by atoms with Gasteiger partial charge in [-0.3, -0.25) is 10.2 Å². The third-order valence-electron chi connectivity index (χ3n) is 11.2. The number of unbranched alkanes of at least 4 members (excludes halogenated alkanes) is 2. The topological polar surface area (TPSA) is 167 Å². The van der Waals surface area contributed by atoms with Crippen LogP contribution >= 0.6 is 0 Å². The van der Waals surface area contributed by atoms with Crippen LogP contribution in [0, 0.1) is 17.8 Å². The number of methoxy groups -OCH3 is 3. The number of carbonyl (C=O) groups excluding carboxylic acids is 2. The zero-order valence-corrected chi connectivity index (χ0v) is 35.7. The number of nitrogens with one attached hydrogen (secondary N) is 1. The molecule has 5 rings (SSSR count). The van der Waals surface area contributed by atoms with Crippen LogP contribution in [-0.4, -0.2) is 98.1 Å². The Bertz CT molecular complexity index is 1820. The van der Waals surface area contributed by atoms with Crippen LogP contribution in [0.25, 0.3) is 0 Å². The van der Waals surface area contributed by atoms with Crippen molar-refractivity contribution in [3.8, 4) is 23.0 Å². The third kappa shape index (κ3) is 10.3. The highest BCUT2D eigenvalue weighted by atomic mass is 16.7. The monoisotopic (exact) mass is 821 g/mol. The number of benzene rings is 2. The summed E-state index contributed by atoms with van der Waals surface area (Å²) in [7, 11) is 4.42. The first-order valence-corrected chi connectivity index (χ1v) is 20.7. The molecule has 3 N–H and O–H groups in total. The quantitative estimate of drug-likeness (QED) is 0.0710. The van der Waals surface area contributed by atoms with Gasteiger partial charge in [-0.25, -0.2) is 9.59 Å². The predicted octanol–water partition coefficient (Wildman–Crippen LogP) is 8.23. The van der Waals surface area contributed by atoms with Crippen LogP contribution in [0.15, 0.2) is 65.9 Å². The highest BCUT2D eigenvalue weighted by molar-refractivity contribution is 6.03. The van der Waals surface area contributed by atoms with Crippen molar-refractivity contribution in [2.75, 3.05) is 53.0 Å². The van der Waals surface area contributed by atoms with E-state index < -0.39 is 35.5 Å². The van der Waals surface area contributed by atoms with E-state index in [1.54, 1.807) is 48.4 Å². The summed E-state index contributed by atoms with van der Waals surface area (Å²) in [6, 6.07) is 9.65. The number of aliphatic hydroxyl groups is 2. The Morgan fingerprint density at radius 1 is 1.02 bits per heavy atom. The van der Waals surface area contributed by atoms with E-state index in [4.69, 9.17) is 38.4 Å². The maximum atomic E-state index is 13.8. The molecule has 1 heterocycles. The summed E-state index contributed by atoms with van der Waals surface area (Å²) >= 11 is 0. The van der Waals surface area contributed by atoms with Gasteiger partial charge >= 0.3 is 12.2 Å². The second-order valence-corrected chi connectivity index (χ2v) is 16.2. The number of oxime groups is 1. The molecule has 0 aromatic heterocycles. The molecule has 2 aromatic rings. The number of carbonyl (C=O) groups is 2. The third-order valence-corrected chi connectivity index (χ3v) is 11.2. The molecule has 59 heavy (non-hydrogen) atoms. The Hall–Kier alpha value is -4.79. The molecule has 0 bridgehead atoms. The number of aliphatic hydroxyl groups excluding tert-OH is 2. The molecule has 0 radical (unpaired) electrons. The van der Waals surface area contributed by atoms with Gasteiger partial charge in [0.05, 0.1) is 45.3 Å². The molecule has 1 saturated carbocycles. The Balaban J connectivity index is 1.72. The maximum Gasteiger partial charge on any atom is 0.417 e. The van der Waals surface area contributed by atoms with Gasteiger partial charge in [-0.2, -0.15) is 0 Å². The van der Waals surface area contributed by atoms with Crippen molar-refractivity contribution in [2.24, 2.45) is 22.9 Å². The first-order chi connectivity index (χ1) is 28.4. The Labute approximate surface area is 348 Å². The van der Waals surface area contributed by atoms with Crippen molar-refractivity contribution >= 4 is 23.6 Å². The minimum Gasteiger partial charge on any atom is -0.497 e. The minimum absolute atomic E-state index is 0.0164. The summed E-state index contributed by atoms with van der Waals surface area (Å²) in [5.41, 5.74) is 2.18. The van der Waals surface area contributed by atoms with Gasteiger partial charge in [0.2, 0.25) is 5.79 Å². The van der Waals surface area contributed by atoms with Crippen LogP contribution in [0.2, 0.25) is 0 Å². The number of allylic oxidation sites excluding steroid dienone is 1. The van der Waals surface area contributed by atoms with Crippen LogP contribution in [0.5, 0.6) is 23.0 Å². The molecular formula is C45H63N3O11. The van der Waals surface area contributed by atoms with E-state index in [1.807, 2.05) is 33.8 Å². The van der Waals surface area contributed by atoms with Crippen LogP contribution in [-0.2, 0) is 14.3 Å². The van der Waals surface area contributed by atoms with Crippen molar-refractivity contribution in [3.63, 3.8) is 0 Å². The number of fused-ring (bicyclic) bond motifs is 2. The fourth-order valence-electron chi connectivity index (χ4n) is 8.78. The Kier molecular flexibility index (Phi) is 15.7. The lowest BCUT2D eigenvalue weighted by atomic mass is 9.55. The number of anilines is 1.